The Labute approximate surface area is 168 Å². The molecule has 8 nitrogen and oxygen atoms in total. The van der Waals surface area contributed by atoms with E-state index in [4.69, 9.17) is 9.26 Å². The fourth-order valence-corrected chi connectivity index (χ4v) is 4.88. The number of nitrogens with zero attached hydrogens (tertiary/aromatic N) is 3. The van der Waals surface area contributed by atoms with Gasteiger partial charge in [-0.1, -0.05) is 35.5 Å². The molecule has 3 aromatic rings. The quantitative estimate of drug-likeness (QED) is 0.575. The maximum atomic E-state index is 12.7. The number of ether oxygens (including phenoxy) is 1. The molecule has 152 valence electrons. The Morgan fingerprint density at radius 3 is 2.62 bits per heavy atom. The van der Waals surface area contributed by atoms with E-state index in [0.717, 1.165) is 18.4 Å². The molecule has 1 fully saturated rings. The van der Waals surface area contributed by atoms with Gasteiger partial charge in [0, 0.05) is 38.0 Å². The highest BCUT2D eigenvalue weighted by Crippen LogP contribution is 2.23. The lowest BCUT2D eigenvalue weighted by molar-refractivity contribution is 0.0453. The summed E-state index contributed by atoms with van der Waals surface area (Å²) in [6, 6.07) is 12.5. The van der Waals surface area contributed by atoms with Crippen LogP contribution < -0.4 is 0 Å². The second-order valence-electron chi connectivity index (χ2n) is 6.91. The number of aromatic nitrogens is 2. The molecule has 2 aromatic heterocycles. The van der Waals surface area contributed by atoms with Crippen molar-refractivity contribution >= 4 is 16.0 Å². The van der Waals surface area contributed by atoms with Gasteiger partial charge in [-0.25, -0.2) is 13.2 Å². The number of aryl methyl sites for hydroxylation is 1. The lowest BCUT2D eigenvalue weighted by Gasteiger charge is -2.13. The fraction of sp³-hybridized carbons (Fsp3) is 0.300. The van der Waals surface area contributed by atoms with Crippen LogP contribution in [-0.4, -0.2) is 41.5 Å². The summed E-state index contributed by atoms with van der Waals surface area (Å²) in [6.07, 6.45) is 3.14. The first-order valence-electron chi connectivity index (χ1n) is 9.30. The van der Waals surface area contributed by atoms with Crippen molar-refractivity contribution in [1.82, 2.24) is 14.0 Å². The summed E-state index contributed by atoms with van der Waals surface area (Å²) in [6.45, 7) is 0.939. The first-order chi connectivity index (χ1) is 13.9. The van der Waals surface area contributed by atoms with E-state index in [-0.39, 0.29) is 17.2 Å². The second kappa shape index (κ2) is 7.84. The third-order valence-corrected chi connectivity index (χ3v) is 6.72. The van der Waals surface area contributed by atoms with Crippen molar-refractivity contribution in [3.05, 3.63) is 60.0 Å². The Hall–Kier alpha value is -2.91. The molecule has 0 saturated carbocycles. The van der Waals surface area contributed by atoms with Gasteiger partial charge < -0.3 is 13.8 Å². The van der Waals surface area contributed by atoms with Gasteiger partial charge in [0.25, 0.3) is 0 Å². The minimum absolute atomic E-state index is 0.0748. The number of hydrogen-bond donors (Lipinski definition) is 0. The van der Waals surface area contributed by atoms with Crippen molar-refractivity contribution in [1.29, 1.82) is 0 Å². The minimum atomic E-state index is -3.59. The van der Waals surface area contributed by atoms with Crippen molar-refractivity contribution < 1.29 is 22.5 Å². The highest BCUT2D eigenvalue weighted by Gasteiger charge is 2.29. The van der Waals surface area contributed by atoms with Crippen molar-refractivity contribution in [2.24, 2.45) is 7.05 Å². The lowest BCUT2D eigenvalue weighted by Crippen LogP contribution is -2.27. The van der Waals surface area contributed by atoms with E-state index in [9.17, 15) is 13.2 Å². The number of sulfonamides is 1. The fourth-order valence-electron chi connectivity index (χ4n) is 3.29. The number of esters is 1. The summed E-state index contributed by atoms with van der Waals surface area (Å²) in [4.78, 5) is 12.6. The first-order valence-corrected chi connectivity index (χ1v) is 10.7. The third kappa shape index (κ3) is 3.96. The normalized spacial score (nSPS) is 14.9. The zero-order chi connectivity index (χ0) is 20.4. The largest absolute Gasteiger partial charge is 0.454 e. The van der Waals surface area contributed by atoms with E-state index in [1.165, 1.54) is 21.1 Å². The van der Waals surface area contributed by atoms with Gasteiger partial charge in [-0.05, 0) is 18.9 Å². The Kier molecular flexibility index (Phi) is 5.25. The Morgan fingerprint density at radius 2 is 1.90 bits per heavy atom. The summed E-state index contributed by atoms with van der Waals surface area (Å²) >= 11 is 0. The number of carbonyl (C=O) groups excluding carboxylic acids is 1. The van der Waals surface area contributed by atoms with Gasteiger partial charge in [0.15, 0.2) is 5.76 Å². The van der Waals surface area contributed by atoms with Crippen molar-refractivity contribution in [2.45, 2.75) is 24.3 Å². The number of rotatable bonds is 6. The van der Waals surface area contributed by atoms with Crippen molar-refractivity contribution in [3.8, 4) is 11.3 Å². The summed E-state index contributed by atoms with van der Waals surface area (Å²) in [5.74, 6) is -0.0471. The van der Waals surface area contributed by atoms with Gasteiger partial charge in [-0.15, -0.1) is 0 Å². The molecular formula is C20H21N3O5S. The van der Waals surface area contributed by atoms with Crippen LogP contribution in [-0.2, 0) is 28.4 Å². The Morgan fingerprint density at radius 1 is 1.17 bits per heavy atom. The standard InChI is InChI=1S/C20H21N3O5S/c1-22-13-17(29(25,26)23-9-5-6-10-23)12-18(22)20(24)27-14-16-11-19(28-21-16)15-7-3-2-4-8-15/h2-4,7-8,11-13H,5-6,9-10,14H2,1H3. The average molecular weight is 415 g/mol. The highest BCUT2D eigenvalue weighted by atomic mass is 32.2. The topological polar surface area (TPSA) is 94.6 Å². The van der Waals surface area contributed by atoms with Crippen LogP contribution in [0.3, 0.4) is 0 Å². The maximum absolute atomic E-state index is 12.7. The van der Waals surface area contributed by atoms with E-state index in [0.29, 0.717) is 24.5 Å². The summed E-state index contributed by atoms with van der Waals surface area (Å²) in [7, 11) is -1.98. The van der Waals surface area contributed by atoms with Gasteiger partial charge in [0.05, 0.1) is 0 Å². The van der Waals surface area contributed by atoms with Crippen LogP contribution in [0.4, 0.5) is 0 Å². The van der Waals surface area contributed by atoms with Crippen LogP contribution >= 0.6 is 0 Å². The van der Waals surface area contributed by atoms with Crippen molar-refractivity contribution in [3.63, 3.8) is 0 Å². The molecule has 3 heterocycles. The van der Waals surface area contributed by atoms with Gasteiger partial charge in [-0.2, -0.15) is 4.31 Å². The van der Waals surface area contributed by atoms with E-state index >= 15 is 0 Å². The molecule has 0 aliphatic carbocycles. The molecule has 0 atom stereocenters. The van der Waals surface area contributed by atoms with Gasteiger partial charge in [0.1, 0.15) is 22.9 Å². The molecule has 1 aromatic carbocycles. The van der Waals surface area contributed by atoms with Gasteiger partial charge in [0.2, 0.25) is 10.0 Å². The molecule has 1 aliphatic rings. The predicted octanol–water partition coefficient (Wildman–Crippen LogP) is 2.82. The molecule has 1 saturated heterocycles. The first kappa shape index (κ1) is 19.4. The van der Waals surface area contributed by atoms with Crippen LogP contribution in [0.2, 0.25) is 0 Å². The molecule has 29 heavy (non-hydrogen) atoms. The predicted molar refractivity (Wildman–Crippen MR) is 104 cm³/mol. The zero-order valence-electron chi connectivity index (χ0n) is 15.9. The van der Waals surface area contributed by atoms with Crippen LogP contribution in [0.1, 0.15) is 29.0 Å². The van der Waals surface area contributed by atoms with Gasteiger partial charge in [-0.3, -0.25) is 0 Å². The summed E-state index contributed by atoms with van der Waals surface area (Å²) < 4.78 is 38.9. The van der Waals surface area contributed by atoms with Crippen LogP contribution in [0.15, 0.2) is 58.1 Å². The maximum Gasteiger partial charge on any atom is 0.355 e. The number of hydrogen-bond acceptors (Lipinski definition) is 6. The van der Waals surface area contributed by atoms with Crippen LogP contribution in [0, 0.1) is 0 Å². The monoisotopic (exact) mass is 415 g/mol. The molecule has 1 aliphatic heterocycles. The summed E-state index contributed by atoms with van der Waals surface area (Å²) in [5, 5.41) is 3.92. The number of carbonyl (C=O) groups is 1. The Balaban J connectivity index is 1.44. The number of benzene rings is 1. The van der Waals surface area contributed by atoms with E-state index in [2.05, 4.69) is 5.16 Å². The van der Waals surface area contributed by atoms with E-state index < -0.39 is 16.0 Å². The molecule has 0 amide bonds. The molecule has 0 unspecified atom stereocenters. The molecule has 9 heteroatoms. The van der Waals surface area contributed by atoms with Crippen LogP contribution in [0.25, 0.3) is 11.3 Å². The third-order valence-electron chi connectivity index (χ3n) is 4.86. The molecule has 0 radical (unpaired) electrons. The smallest absolute Gasteiger partial charge is 0.355 e. The Bertz CT molecular complexity index is 1110. The summed E-state index contributed by atoms with van der Waals surface area (Å²) in [5.41, 5.74) is 1.50. The molecular weight excluding hydrogens is 394 g/mol. The van der Waals surface area contributed by atoms with Crippen molar-refractivity contribution in [2.75, 3.05) is 13.1 Å². The molecule has 0 N–H and O–H groups in total. The van der Waals surface area contributed by atoms with E-state index in [1.54, 1.807) is 13.1 Å². The molecule has 0 bridgehead atoms. The zero-order valence-corrected chi connectivity index (χ0v) is 16.8. The molecule has 0 spiro atoms. The lowest BCUT2D eigenvalue weighted by atomic mass is 10.2. The molecule has 4 rings (SSSR count). The average Bonchev–Trinajstić information content (AvgIpc) is 3.47. The SMILES string of the molecule is Cn1cc(S(=O)(=O)N2CCCC2)cc1C(=O)OCc1cc(-c2ccccc2)on1. The van der Waals surface area contributed by atoms with E-state index in [1.807, 2.05) is 30.3 Å². The second-order valence-corrected chi connectivity index (χ2v) is 8.85. The minimum Gasteiger partial charge on any atom is -0.454 e. The van der Waals surface area contributed by atoms with Gasteiger partial charge >= 0.3 is 5.97 Å². The highest BCUT2D eigenvalue weighted by molar-refractivity contribution is 7.89. The van der Waals surface area contributed by atoms with Crippen LogP contribution in [0.5, 0.6) is 0 Å².